The highest BCUT2D eigenvalue weighted by Crippen LogP contribution is 2.48. The standard InChI is InChI=1S/C32H58O4S/c1-17-11-29(33)19(3)7-23(17)13-25-15-27(9-21(5)31(25)35)37-28-10-22(6)32(36)26(16-28)14-24-8-20(4)30(34)12-18(24)2/h17-36H,7-16H2,1-6H3. The Balaban J connectivity index is 1.35. The molecule has 4 aliphatic carbocycles. The predicted octanol–water partition coefficient (Wildman–Crippen LogP) is 6.14. The third-order valence-corrected chi connectivity index (χ3v) is 13.2. The van der Waals surface area contributed by atoms with Gasteiger partial charge in [-0.2, -0.15) is 11.8 Å². The molecule has 4 rings (SSSR count). The van der Waals surface area contributed by atoms with Gasteiger partial charge in [-0.3, -0.25) is 0 Å². The molecule has 0 aliphatic heterocycles. The predicted molar refractivity (Wildman–Crippen MR) is 154 cm³/mol. The van der Waals surface area contributed by atoms with Crippen molar-refractivity contribution in [2.75, 3.05) is 0 Å². The van der Waals surface area contributed by atoms with Crippen molar-refractivity contribution in [1.29, 1.82) is 0 Å². The lowest BCUT2D eigenvalue weighted by Crippen LogP contribution is -2.43. The van der Waals surface area contributed by atoms with E-state index in [0.717, 1.165) is 64.2 Å². The van der Waals surface area contributed by atoms with Gasteiger partial charge in [-0.15, -0.1) is 0 Å². The van der Waals surface area contributed by atoms with Crippen molar-refractivity contribution in [2.24, 2.45) is 59.2 Å². The van der Waals surface area contributed by atoms with Gasteiger partial charge in [0.15, 0.2) is 0 Å². The first-order chi connectivity index (χ1) is 17.4. The maximum absolute atomic E-state index is 11.2. The summed E-state index contributed by atoms with van der Waals surface area (Å²) >= 11 is 2.19. The summed E-state index contributed by atoms with van der Waals surface area (Å²) in [6, 6.07) is 0. The van der Waals surface area contributed by atoms with E-state index in [1.807, 2.05) is 0 Å². The van der Waals surface area contributed by atoms with E-state index in [1.165, 1.54) is 0 Å². The van der Waals surface area contributed by atoms with Crippen LogP contribution in [0.2, 0.25) is 0 Å². The number of hydrogen-bond acceptors (Lipinski definition) is 5. The second-order valence-electron chi connectivity index (χ2n) is 14.8. The molecular formula is C32H58O4S. The van der Waals surface area contributed by atoms with Crippen LogP contribution in [0.3, 0.4) is 0 Å². The highest BCUT2D eigenvalue weighted by molar-refractivity contribution is 8.00. The fourth-order valence-electron chi connectivity index (χ4n) is 8.93. The van der Waals surface area contributed by atoms with E-state index in [-0.39, 0.29) is 24.4 Å². The Morgan fingerprint density at radius 2 is 0.811 bits per heavy atom. The van der Waals surface area contributed by atoms with Crippen molar-refractivity contribution in [2.45, 2.75) is 141 Å². The average Bonchev–Trinajstić information content (AvgIpc) is 2.82. The first-order valence-corrected chi connectivity index (χ1v) is 16.7. The zero-order valence-corrected chi connectivity index (χ0v) is 25.3. The molecule has 4 nitrogen and oxygen atoms in total. The molecule has 0 aromatic rings. The molecule has 16 atom stereocenters. The van der Waals surface area contributed by atoms with Gasteiger partial charge in [0, 0.05) is 10.5 Å². The molecule has 0 heterocycles. The van der Waals surface area contributed by atoms with Gasteiger partial charge < -0.3 is 20.4 Å². The lowest BCUT2D eigenvalue weighted by Gasteiger charge is -2.45. The van der Waals surface area contributed by atoms with Gasteiger partial charge in [-0.25, -0.2) is 0 Å². The first-order valence-electron chi connectivity index (χ1n) is 15.8. The summed E-state index contributed by atoms with van der Waals surface area (Å²) < 4.78 is 0. The number of aliphatic hydroxyl groups excluding tert-OH is 4. The van der Waals surface area contributed by atoms with Gasteiger partial charge >= 0.3 is 0 Å². The third-order valence-electron chi connectivity index (χ3n) is 11.6. The molecule has 4 N–H and O–H groups in total. The van der Waals surface area contributed by atoms with E-state index in [9.17, 15) is 20.4 Å². The molecule has 4 saturated carbocycles. The third kappa shape index (κ3) is 7.29. The number of thioether (sulfide) groups is 1. The molecule has 0 spiro atoms. The van der Waals surface area contributed by atoms with Crippen molar-refractivity contribution in [1.82, 2.24) is 0 Å². The quantitative estimate of drug-likeness (QED) is 0.327. The van der Waals surface area contributed by atoms with Gasteiger partial charge in [0.25, 0.3) is 0 Å². The number of rotatable bonds is 6. The highest BCUT2D eigenvalue weighted by Gasteiger charge is 2.43. The Kier molecular flexibility index (Phi) is 10.4. The van der Waals surface area contributed by atoms with Crippen LogP contribution in [0.1, 0.15) is 106 Å². The summed E-state index contributed by atoms with van der Waals surface area (Å²) in [6.07, 6.45) is 9.92. The van der Waals surface area contributed by atoms with Crippen molar-refractivity contribution in [3.05, 3.63) is 0 Å². The van der Waals surface area contributed by atoms with Crippen molar-refractivity contribution in [3.63, 3.8) is 0 Å². The van der Waals surface area contributed by atoms with Crippen LogP contribution >= 0.6 is 11.8 Å². The summed E-state index contributed by atoms with van der Waals surface area (Å²) in [4.78, 5) is 0. The largest absolute Gasteiger partial charge is 0.393 e. The summed E-state index contributed by atoms with van der Waals surface area (Å²) in [5, 5.41) is 44.1. The summed E-state index contributed by atoms with van der Waals surface area (Å²) in [6.45, 7) is 13.5. The molecule has 0 saturated heterocycles. The lowest BCUT2D eigenvalue weighted by atomic mass is 9.67. The maximum Gasteiger partial charge on any atom is 0.0594 e. The van der Waals surface area contributed by atoms with Crippen LogP contribution in [0.4, 0.5) is 0 Å². The molecule has 5 heteroatoms. The minimum absolute atomic E-state index is 0.161. The van der Waals surface area contributed by atoms with Crippen LogP contribution in [0.5, 0.6) is 0 Å². The molecule has 0 amide bonds. The van der Waals surface area contributed by atoms with Gasteiger partial charge in [0.1, 0.15) is 0 Å². The maximum atomic E-state index is 11.2. The molecule has 0 aromatic heterocycles. The van der Waals surface area contributed by atoms with Crippen LogP contribution < -0.4 is 0 Å². The molecule has 16 unspecified atom stereocenters. The molecular weight excluding hydrogens is 480 g/mol. The average molecular weight is 539 g/mol. The summed E-state index contributed by atoms with van der Waals surface area (Å²) in [5.74, 6) is 4.47. The van der Waals surface area contributed by atoms with Crippen LogP contribution in [-0.2, 0) is 0 Å². The first kappa shape index (κ1) is 30.2. The minimum Gasteiger partial charge on any atom is -0.393 e. The second-order valence-corrected chi connectivity index (χ2v) is 16.4. The van der Waals surface area contributed by atoms with Crippen molar-refractivity contribution < 1.29 is 20.4 Å². The molecule has 0 radical (unpaired) electrons. The smallest absolute Gasteiger partial charge is 0.0594 e. The van der Waals surface area contributed by atoms with Gasteiger partial charge in [0.05, 0.1) is 24.4 Å². The van der Waals surface area contributed by atoms with E-state index >= 15 is 0 Å². The van der Waals surface area contributed by atoms with Crippen molar-refractivity contribution >= 4 is 11.8 Å². The Labute approximate surface area is 231 Å². The molecule has 37 heavy (non-hydrogen) atoms. The minimum atomic E-state index is -0.198. The monoisotopic (exact) mass is 538 g/mol. The summed E-state index contributed by atoms with van der Waals surface area (Å²) in [7, 11) is 0. The van der Waals surface area contributed by atoms with E-state index in [0.29, 0.717) is 69.7 Å². The van der Waals surface area contributed by atoms with Crippen LogP contribution in [0, 0.1) is 59.2 Å². The summed E-state index contributed by atoms with van der Waals surface area (Å²) in [5.41, 5.74) is 0. The number of hydrogen-bond donors (Lipinski definition) is 4. The Morgan fingerprint density at radius 1 is 0.432 bits per heavy atom. The Hall–Kier alpha value is 0.190. The van der Waals surface area contributed by atoms with Crippen LogP contribution in [0.25, 0.3) is 0 Å². The van der Waals surface area contributed by atoms with Gasteiger partial charge in [-0.05, 0) is 123 Å². The van der Waals surface area contributed by atoms with Crippen molar-refractivity contribution in [3.8, 4) is 0 Å². The lowest BCUT2D eigenvalue weighted by molar-refractivity contribution is -0.0161. The zero-order valence-electron chi connectivity index (χ0n) is 24.5. The zero-order chi connectivity index (χ0) is 27.0. The highest BCUT2D eigenvalue weighted by atomic mass is 32.2. The number of aliphatic hydroxyl groups is 4. The van der Waals surface area contributed by atoms with Crippen LogP contribution in [-0.4, -0.2) is 55.3 Å². The molecule has 216 valence electrons. The SMILES string of the molecule is CC1CC(CC2CC(SC3CC(C)C(O)C(CC4CC(C)C(O)CC4C)C3)CC(C)C2O)C(C)CC1O. The fourth-order valence-corrected chi connectivity index (χ4v) is 11.0. The van der Waals surface area contributed by atoms with Crippen LogP contribution in [0.15, 0.2) is 0 Å². The fraction of sp³-hybridized carbons (Fsp3) is 1.00. The van der Waals surface area contributed by atoms with E-state index in [2.05, 4.69) is 53.3 Å². The molecule has 0 aromatic carbocycles. The Bertz CT molecular complexity index is 661. The van der Waals surface area contributed by atoms with E-state index < -0.39 is 0 Å². The molecule has 0 bridgehead atoms. The molecule has 4 aliphatic rings. The molecule has 4 fully saturated rings. The normalized spacial score (nSPS) is 53.7. The topological polar surface area (TPSA) is 80.9 Å². The van der Waals surface area contributed by atoms with E-state index in [4.69, 9.17) is 0 Å². The van der Waals surface area contributed by atoms with Gasteiger partial charge in [0.2, 0.25) is 0 Å². The van der Waals surface area contributed by atoms with Gasteiger partial charge in [-0.1, -0.05) is 41.5 Å². The second kappa shape index (κ2) is 12.8. The van der Waals surface area contributed by atoms with E-state index in [1.54, 1.807) is 0 Å². The Morgan fingerprint density at radius 3 is 1.19 bits per heavy atom.